The average molecular weight is 236 g/mol. The molecule has 0 amide bonds. The molecule has 16 heavy (non-hydrogen) atoms. The third kappa shape index (κ3) is 1.50. The van der Waals surface area contributed by atoms with Crippen molar-refractivity contribution in [1.29, 1.82) is 0 Å². The number of nitrogens with zero attached hydrogens (tertiary/aromatic N) is 3. The summed E-state index contributed by atoms with van der Waals surface area (Å²) >= 11 is 6.37. The molecule has 0 saturated heterocycles. The number of rotatable bonds is 3. The summed E-state index contributed by atoms with van der Waals surface area (Å²) in [6.07, 6.45) is 7.04. The molecule has 0 aromatic carbocycles. The van der Waals surface area contributed by atoms with Crippen molar-refractivity contribution in [3.05, 3.63) is 23.2 Å². The monoisotopic (exact) mass is 235 g/mol. The second-order valence-electron chi connectivity index (χ2n) is 4.43. The lowest BCUT2D eigenvalue weighted by atomic mass is 10.3. The molecule has 1 saturated carbocycles. The van der Waals surface area contributed by atoms with Crippen LogP contribution in [0.4, 0.5) is 0 Å². The molecule has 0 radical (unpaired) electrons. The van der Waals surface area contributed by atoms with Crippen LogP contribution in [-0.2, 0) is 13.0 Å². The predicted molar refractivity (Wildman–Crippen MR) is 64.6 cm³/mol. The zero-order valence-electron chi connectivity index (χ0n) is 9.28. The standard InChI is InChI=1S/C12H14ClN3/c1-2-10-11(13)9-5-14-7-15-12(9)16(10)6-8-3-4-8/h5,7-8H,2-4,6H2,1H3. The third-order valence-electron chi connectivity index (χ3n) is 3.24. The Morgan fingerprint density at radius 2 is 2.31 bits per heavy atom. The van der Waals surface area contributed by atoms with Crippen LogP contribution in [0.5, 0.6) is 0 Å². The quantitative estimate of drug-likeness (QED) is 0.819. The Hall–Kier alpha value is -1.09. The molecule has 2 heterocycles. The number of hydrogen-bond donors (Lipinski definition) is 0. The van der Waals surface area contributed by atoms with Gasteiger partial charge in [0, 0.05) is 18.4 Å². The lowest BCUT2D eigenvalue weighted by molar-refractivity contribution is 0.619. The van der Waals surface area contributed by atoms with Crippen molar-refractivity contribution in [1.82, 2.24) is 14.5 Å². The Morgan fingerprint density at radius 3 is 3.00 bits per heavy atom. The Labute approximate surface area is 99.5 Å². The van der Waals surface area contributed by atoms with Crippen LogP contribution in [0.3, 0.4) is 0 Å². The van der Waals surface area contributed by atoms with E-state index in [9.17, 15) is 0 Å². The van der Waals surface area contributed by atoms with Gasteiger partial charge in [0.05, 0.1) is 10.4 Å². The molecule has 0 unspecified atom stereocenters. The van der Waals surface area contributed by atoms with Gasteiger partial charge in [0.1, 0.15) is 12.0 Å². The minimum atomic E-state index is 0.826. The number of halogens is 1. The Balaban J connectivity index is 2.20. The maximum absolute atomic E-state index is 6.37. The molecular weight excluding hydrogens is 222 g/mol. The van der Waals surface area contributed by atoms with Crippen LogP contribution in [0.15, 0.2) is 12.5 Å². The third-order valence-corrected chi connectivity index (χ3v) is 3.66. The molecule has 3 rings (SSSR count). The largest absolute Gasteiger partial charge is 0.328 e. The molecule has 1 aliphatic rings. The molecule has 3 nitrogen and oxygen atoms in total. The summed E-state index contributed by atoms with van der Waals surface area (Å²) in [5, 5.41) is 1.82. The minimum Gasteiger partial charge on any atom is -0.328 e. The molecule has 1 fully saturated rings. The van der Waals surface area contributed by atoms with Crippen LogP contribution in [0, 0.1) is 5.92 Å². The van der Waals surface area contributed by atoms with E-state index in [-0.39, 0.29) is 0 Å². The van der Waals surface area contributed by atoms with Gasteiger partial charge in [-0.25, -0.2) is 9.97 Å². The highest BCUT2D eigenvalue weighted by atomic mass is 35.5. The van der Waals surface area contributed by atoms with Crippen molar-refractivity contribution in [2.24, 2.45) is 5.92 Å². The van der Waals surface area contributed by atoms with Crippen LogP contribution in [-0.4, -0.2) is 14.5 Å². The molecule has 0 aliphatic heterocycles. The normalized spacial score (nSPS) is 15.9. The highest BCUT2D eigenvalue weighted by Crippen LogP contribution is 2.35. The van der Waals surface area contributed by atoms with Crippen LogP contribution in [0.1, 0.15) is 25.5 Å². The highest BCUT2D eigenvalue weighted by Gasteiger charge is 2.25. The first kappa shape index (κ1) is 10.1. The van der Waals surface area contributed by atoms with E-state index in [0.717, 1.165) is 34.9 Å². The van der Waals surface area contributed by atoms with Crippen molar-refractivity contribution >= 4 is 22.6 Å². The van der Waals surface area contributed by atoms with Gasteiger partial charge in [0.15, 0.2) is 0 Å². The Bertz CT molecular complexity index is 528. The molecule has 0 atom stereocenters. The fourth-order valence-corrected chi connectivity index (χ4v) is 2.57. The average Bonchev–Trinajstić information content (AvgIpc) is 3.08. The van der Waals surface area contributed by atoms with Gasteiger partial charge in [-0.15, -0.1) is 0 Å². The van der Waals surface area contributed by atoms with E-state index in [2.05, 4.69) is 21.5 Å². The molecule has 2 aromatic rings. The fraction of sp³-hybridized carbons (Fsp3) is 0.500. The molecule has 84 valence electrons. The van der Waals surface area contributed by atoms with Crippen molar-refractivity contribution in [2.75, 3.05) is 0 Å². The van der Waals surface area contributed by atoms with E-state index in [1.165, 1.54) is 18.5 Å². The summed E-state index contributed by atoms with van der Waals surface area (Å²) in [5.74, 6) is 0.826. The van der Waals surface area contributed by atoms with Gasteiger partial charge >= 0.3 is 0 Å². The first-order valence-electron chi connectivity index (χ1n) is 5.77. The topological polar surface area (TPSA) is 30.7 Å². The highest BCUT2D eigenvalue weighted by molar-refractivity contribution is 6.36. The number of aromatic nitrogens is 3. The van der Waals surface area contributed by atoms with Gasteiger partial charge in [-0.2, -0.15) is 0 Å². The zero-order chi connectivity index (χ0) is 11.1. The summed E-state index contributed by atoms with van der Waals surface area (Å²) < 4.78 is 2.27. The van der Waals surface area contributed by atoms with Gasteiger partial charge in [0.2, 0.25) is 0 Å². The second-order valence-corrected chi connectivity index (χ2v) is 4.81. The first-order valence-corrected chi connectivity index (χ1v) is 6.15. The summed E-state index contributed by atoms with van der Waals surface area (Å²) in [5.41, 5.74) is 2.19. The van der Waals surface area contributed by atoms with Crippen LogP contribution < -0.4 is 0 Å². The van der Waals surface area contributed by atoms with Crippen molar-refractivity contribution in [2.45, 2.75) is 32.7 Å². The van der Waals surface area contributed by atoms with Crippen molar-refractivity contribution in [3.63, 3.8) is 0 Å². The van der Waals surface area contributed by atoms with E-state index < -0.39 is 0 Å². The van der Waals surface area contributed by atoms with Gasteiger partial charge in [-0.3, -0.25) is 0 Å². The van der Waals surface area contributed by atoms with Crippen LogP contribution in [0.25, 0.3) is 11.0 Å². The summed E-state index contributed by atoms with van der Waals surface area (Å²) in [7, 11) is 0. The lowest BCUT2D eigenvalue weighted by Gasteiger charge is -2.07. The number of hydrogen-bond acceptors (Lipinski definition) is 2. The van der Waals surface area contributed by atoms with Gasteiger partial charge < -0.3 is 4.57 Å². The van der Waals surface area contributed by atoms with Crippen molar-refractivity contribution < 1.29 is 0 Å². The van der Waals surface area contributed by atoms with E-state index in [4.69, 9.17) is 11.6 Å². The van der Waals surface area contributed by atoms with Gasteiger partial charge in [-0.1, -0.05) is 18.5 Å². The van der Waals surface area contributed by atoms with Crippen LogP contribution >= 0.6 is 11.6 Å². The van der Waals surface area contributed by atoms with Gasteiger partial charge in [-0.05, 0) is 25.2 Å². The first-order chi connectivity index (χ1) is 7.81. The molecular formula is C12H14ClN3. The Kier molecular flexibility index (Phi) is 2.36. The predicted octanol–water partition coefficient (Wildman–Crippen LogP) is 3.06. The summed E-state index contributed by atoms with van der Waals surface area (Å²) in [4.78, 5) is 8.41. The van der Waals surface area contributed by atoms with Crippen molar-refractivity contribution in [3.8, 4) is 0 Å². The molecule has 0 bridgehead atoms. The molecule has 4 heteroatoms. The van der Waals surface area contributed by atoms with E-state index >= 15 is 0 Å². The second kappa shape index (κ2) is 3.74. The number of fused-ring (bicyclic) bond motifs is 1. The molecule has 0 N–H and O–H groups in total. The van der Waals surface area contributed by atoms with E-state index in [1.54, 1.807) is 6.33 Å². The fourth-order valence-electron chi connectivity index (χ4n) is 2.20. The molecule has 2 aromatic heterocycles. The SMILES string of the molecule is CCc1c(Cl)c2cncnc2n1CC1CC1. The summed E-state index contributed by atoms with van der Waals surface area (Å²) in [6, 6.07) is 0. The smallest absolute Gasteiger partial charge is 0.145 e. The molecule has 1 aliphatic carbocycles. The zero-order valence-corrected chi connectivity index (χ0v) is 10.0. The van der Waals surface area contributed by atoms with Crippen LogP contribution in [0.2, 0.25) is 5.02 Å². The minimum absolute atomic E-state index is 0.826. The van der Waals surface area contributed by atoms with Gasteiger partial charge in [0.25, 0.3) is 0 Å². The maximum Gasteiger partial charge on any atom is 0.145 e. The lowest BCUT2D eigenvalue weighted by Crippen LogP contribution is -2.04. The maximum atomic E-state index is 6.37. The van der Waals surface area contributed by atoms with E-state index in [0.29, 0.717) is 0 Å². The Morgan fingerprint density at radius 1 is 1.50 bits per heavy atom. The molecule has 0 spiro atoms. The van der Waals surface area contributed by atoms with E-state index in [1.807, 2.05) is 6.20 Å². The summed E-state index contributed by atoms with van der Waals surface area (Å²) in [6.45, 7) is 3.19.